The molecule has 5 nitrogen and oxygen atoms in total. The van der Waals surface area contributed by atoms with Crippen LogP contribution in [0.3, 0.4) is 0 Å². The predicted molar refractivity (Wildman–Crippen MR) is 101 cm³/mol. The van der Waals surface area contributed by atoms with E-state index in [0.717, 1.165) is 11.1 Å². The number of carbonyl (C=O) groups is 1. The topological polar surface area (TPSA) is 89.3 Å². The zero-order valence-electron chi connectivity index (χ0n) is 14.1. The van der Waals surface area contributed by atoms with Crippen LogP contribution in [0.5, 0.6) is 0 Å². The molecule has 0 heterocycles. The van der Waals surface area contributed by atoms with Gasteiger partial charge in [0.15, 0.2) is 9.84 Å². The first-order valence-corrected chi connectivity index (χ1v) is 10.1. The van der Waals surface area contributed by atoms with Gasteiger partial charge in [0.25, 0.3) is 0 Å². The van der Waals surface area contributed by atoms with Crippen LogP contribution in [0.2, 0.25) is 0 Å². The van der Waals surface area contributed by atoms with E-state index in [1.54, 1.807) is 12.1 Å². The van der Waals surface area contributed by atoms with Crippen LogP contribution < -0.4 is 11.1 Å². The molecule has 0 aliphatic carbocycles. The normalized spacial score (nSPS) is 11.2. The van der Waals surface area contributed by atoms with E-state index >= 15 is 0 Å². The molecule has 0 atom stereocenters. The van der Waals surface area contributed by atoms with Gasteiger partial charge in [-0.05, 0) is 30.0 Å². The van der Waals surface area contributed by atoms with Gasteiger partial charge in [-0.25, -0.2) is 8.42 Å². The minimum absolute atomic E-state index is 0.0368. The van der Waals surface area contributed by atoms with Crippen molar-refractivity contribution < 1.29 is 13.2 Å². The quantitative estimate of drug-likeness (QED) is 0.530. The molecule has 1 amide bonds. The maximum absolute atomic E-state index is 12.1. The smallest absolute Gasteiger partial charge is 0.220 e. The molecule has 0 aromatic heterocycles. The van der Waals surface area contributed by atoms with Crippen LogP contribution in [-0.2, 0) is 26.8 Å². The van der Waals surface area contributed by atoms with Crippen molar-refractivity contribution in [1.29, 1.82) is 0 Å². The van der Waals surface area contributed by atoms with Crippen molar-refractivity contribution in [3.8, 4) is 0 Å². The van der Waals surface area contributed by atoms with E-state index in [1.807, 2.05) is 42.5 Å². The summed E-state index contributed by atoms with van der Waals surface area (Å²) in [5.74, 6) is 0.00629. The van der Waals surface area contributed by atoms with Crippen molar-refractivity contribution in [1.82, 2.24) is 5.32 Å². The zero-order chi connectivity index (χ0) is 18.1. The summed E-state index contributed by atoms with van der Waals surface area (Å²) in [6.07, 6.45) is 1.32. The van der Waals surface area contributed by atoms with Crippen LogP contribution in [-0.4, -0.2) is 26.6 Å². The molecule has 134 valence electrons. The van der Waals surface area contributed by atoms with Crippen molar-refractivity contribution in [3.63, 3.8) is 0 Å². The Labute approximate surface area is 149 Å². The first-order valence-electron chi connectivity index (χ1n) is 8.31. The van der Waals surface area contributed by atoms with Gasteiger partial charge >= 0.3 is 0 Å². The lowest BCUT2D eigenvalue weighted by atomic mass is 10.1. The molecule has 0 aliphatic rings. The van der Waals surface area contributed by atoms with Crippen LogP contribution in [0.4, 0.5) is 5.69 Å². The lowest BCUT2D eigenvalue weighted by molar-refractivity contribution is -0.121. The Kier molecular flexibility index (Phi) is 7.01. The summed E-state index contributed by atoms with van der Waals surface area (Å²) in [6, 6.07) is 16.6. The van der Waals surface area contributed by atoms with Crippen LogP contribution in [0.1, 0.15) is 24.0 Å². The van der Waals surface area contributed by atoms with E-state index in [9.17, 15) is 13.2 Å². The van der Waals surface area contributed by atoms with Gasteiger partial charge < -0.3 is 11.1 Å². The first kappa shape index (κ1) is 19.0. The average molecular weight is 360 g/mol. The maximum atomic E-state index is 12.1. The standard InChI is InChI=1S/C19H24N2O3S/c20-18-10-5-4-9-17(18)11-12-19(22)21-13-6-14-25(23,24)15-16-7-2-1-3-8-16/h1-5,7-10H,6,11-15,20H2,(H,21,22). The summed E-state index contributed by atoms with van der Waals surface area (Å²) in [4.78, 5) is 11.8. The molecule has 25 heavy (non-hydrogen) atoms. The lowest BCUT2D eigenvalue weighted by Crippen LogP contribution is -2.26. The fraction of sp³-hybridized carbons (Fsp3) is 0.316. The summed E-state index contributed by atoms with van der Waals surface area (Å²) in [5, 5.41) is 2.76. The average Bonchev–Trinajstić information content (AvgIpc) is 2.58. The molecular formula is C19H24N2O3S. The number of hydrogen-bond acceptors (Lipinski definition) is 4. The molecule has 0 bridgehead atoms. The van der Waals surface area contributed by atoms with Gasteiger partial charge in [-0.2, -0.15) is 0 Å². The number of amides is 1. The third kappa shape index (κ3) is 6.97. The van der Waals surface area contributed by atoms with Crippen molar-refractivity contribution in [2.45, 2.75) is 25.0 Å². The van der Waals surface area contributed by atoms with E-state index in [4.69, 9.17) is 5.73 Å². The van der Waals surface area contributed by atoms with Gasteiger partial charge in [-0.15, -0.1) is 0 Å². The molecule has 2 aromatic carbocycles. The fourth-order valence-electron chi connectivity index (χ4n) is 2.52. The Hall–Kier alpha value is -2.34. The second kappa shape index (κ2) is 9.22. The van der Waals surface area contributed by atoms with Gasteiger partial charge in [0.1, 0.15) is 0 Å². The summed E-state index contributed by atoms with van der Waals surface area (Å²) in [6.45, 7) is 0.358. The predicted octanol–water partition coefficient (Wildman–Crippen LogP) is 2.32. The molecule has 2 rings (SSSR count). The number of nitrogens with two attached hydrogens (primary N) is 1. The number of hydrogen-bond donors (Lipinski definition) is 2. The highest BCUT2D eigenvalue weighted by atomic mass is 32.2. The number of benzene rings is 2. The summed E-state index contributed by atoms with van der Waals surface area (Å²) >= 11 is 0. The molecule has 0 unspecified atom stereocenters. The van der Waals surface area contributed by atoms with E-state index < -0.39 is 9.84 Å². The molecule has 0 saturated heterocycles. The molecule has 0 spiro atoms. The molecular weight excluding hydrogens is 336 g/mol. The van der Waals surface area contributed by atoms with E-state index in [0.29, 0.717) is 31.5 Å². The van der Waals surface area contributed by atoms with Gasteiger partial charge in [-0.3, -0.25) is 4.79 Å². The minimum atomic E-state index is -3.16. The molecule has 0 saturated carbocycles. The number of para-hydroxylation sites is 1. The number of sulfone groups is 1. The van der Waals surface area contributed by atoms with Crippen LogP contribution in [0, 0.1) is 0 Å². The van der Waals surface area contributed by atoms with E-state index in [2.05, 4.69) is 5.32 Å². The third-order valence-corrected chi connectivity index (χ3v) is 5.54. The van der Waals surface area contributed by atoms with E-state index in [-0.39, 0.29) is 17.4 Å². The number of rotatable bonds is 9. The van der Waals surface area contributed by atoms with Gasteiger partial charge in [0.2, 0.25) is 5.91 Å². The second-order valence-electron chi connectivity index (χ2n) is 5.98. The summed E-state index contributed by atoms with van der Waals surface area (Å²) in [5.41, 5.74) is 8.26. The SMILES string of the molecule is Nc1ccccc1CCC(=O)NCCCS(=O)(=O)Cc1ccccc1. The van der Waals surface area contributed by atoms with Gasteiger partial charge in [0, 0.05) is 18.7 Å². The van der Waals surface area contributed by atoms with Gasteiger partial charge in [0.05, 0.1) is 11.5 Å². The number of nitrogens with one attached hydrogen (secondary N) is 1. The van der Waals surface area contributed by atoms with Crippen molar-refractivity contribution in [3.05, 3.63) is 65.7 Å². The Bertz CT molecular complexity index is 789. The van der Waals surface area contributed by atoms with Crippen LogP contribution in [0.25, 0.3) is 0 Å². The lowest BCUT2D eigenvalue weighted by Gasteiger charge is -2.08. The first-order chi connectivity index (χ1) is 12.0. The Morgan fingerprint density at radius 1 is 1.00 bits per heavy atom. The number of aryl methyl sites for hydroxylation is 1. The zero-order valence-corrected chi connectivity index (χ0v) is 15.0. The second-order valence-corrected chi connectivity index (χ2v) is 8.16. The van der Waals surface area contributed by atoms with Crippen molar-refractivity contribution in [2.75, 3.05) is 18.0 Å². The number of nitrogen functional groups attached to an aromatic ring is 1. The molecule has 0 fully saturated rings. The third-order valence-electron chi connectivity index (χ3n) is 3.86. The molecule has 2 aromatic rings. The Morgan fingerprint density at radius 3 is 2.40 bits per heavy atom. The van der Waals surface area contributed by atoms with Crippen molar-refractivity contribution >= 4 is 21.4 Å². The molecule has 0 aliphatic heterocycles. The van der Waals surface area contributed by atoms with Crippen LogP contribution in [0.15, 0.2) is 54.6 Å². The number of carbonyl (C=O) groups excluding carboxylic acids is 1. The number of anilines is 1. The fourth-order valence-corrected chi connectivity index (χ4v) is 3.95. The Balaban J connectivity index is 1.66. The minimum Gasteiger partial charge on any atom is -0.399 e. The molecule has 3 N–H and O–H groups in total. The van der Waals surface area contributed by atoms with E-state index in [1.165, 1.54) is 0 Å². The molecule has 6 heteroatoms. The van der Waals surface area contributed by atoms with Crippen molar-refractivity contribution in [2.24, 2.45) is 0 Å². The highest BCUT2D eigenvalue weighted by Gasteiger charge is 2.12. The molecule has 0 radical (unpaired) electrons. The monoisotopic (exact) mass is 360 g/mol. The van der Waals surface area contributed by atoms with Gasteiger partial charge in [-0.1, -0.05) is 48.5 Å². The van der Waals surface area contributed by atoms with Crippen LogP contribution >= 0.6 is 0 Å². The largest absolute Gasteiger partial charge is 0.399 e. The summed E-state index contributed by atoms with van der Waals surface area (Å²) < 4.78 is 24.1. The Morgan fingerprint density at radius 2 is 1.68 bits per heavy atom. The maximum Gasteiger partial charge on any atom is 0.220 e. The summed E-state index contributed by atoms with van der Waals surface area (Å²) in [7, 11) is -3.16. The highest BCUT2D eigenvalue weighted by molar-refractivity contribution is 7.90. The highest BCUT2D eigenvalue weighted by Crippen LogP contribution is 2.12.